The fraction of sp³-hybridized carbons (Fsp3) is 0.200. The summed E-state index contributed by atoms with van der Waals surface area (Å²) in [6, 6.07) is 8.67. The van der Waals surface area contributed by atoms with E-state index in [0.29, 0.717) is 28.0 Å². The van der Waals surface area contributed by atoms with Gasteiger partial charge in [0, 0.05) is 27.7 Å². The molecule has 8 heteroatoms. The minimum Gasteiger partial charge on any atom is -0.361 e. The number of aryl methyl sites for hydroxylation is 2. The van der Waals surface area contributed by atoms with Crippen molar-refractivity contribution in [2.45, 2.75) is 26.8 Å². The molecule has 1 unspecified atom stereocenters. The first kappa shape index (κ1) is 18.2. The van der Waals surface area contributed by atoms with E-state index in [4.69, 9.17) is 16.1 Å². The summed E-state index contributed by atoms with van der Waals surface area (Å²) in [5.74, 6) is 1.11. The van der Waals surface area contributed by atoms with E-state index in [2.05, 4.69) is 25.4 Å². The summed E-state index contributed by atoms with van der Waals surface area (Å²) >= 11 is 6.07. The molecule has 1 aromatic carbocycles. The molecule has 142 valence electrons. The molecule has 4 aromatic rings. The number of hydrogen-bond acceptors (Lipinski definition) is 6. The molecule has 28 heavy (non-hydrogen) atoms. The van der Waals surface area contributed by atoms with Crippen LogP contribution in [-0.4, -0.2) is 20.1 Å². The van der Waals surface area contributed by atoms with Gasteiger partial charge in [-0.2, -0.15) is 0 Å². The number of benzene rings is 1. The van der Waals surface area contributed by atoms with E-state index < -0.39 is 0 Å². The Morgan fingerprint density at radius 1 is 1.21 bits per heavy atom. The van der Waals surface area contributed by atoms with Gasteiger partial charge in [-0.15, -0.1) is 0 Å². The Balaban J connectivity index is 1.66. The third-order valence-corrected chi connectivity index (χ3v) is 4.83. The Morgan fingerprint density at radius 3 is 2.79 bits per heavy atom. The second kappa shape index (κ2) is 7.09. The van der Waals surface area contributed by atoms with Crippen LogP contribution in [0.25, 0.3) is 22.2 Å². The lowest BCUT2D eigenvalue weighted by molar-refractivity contribution is 0.393. The maximum Gasteiger partial charge on any atom is 0.253 e. The minimum absolute atomic E-state index is 0.170. The largest absolute Gasteiger partial charge is 0.361 e. The van der Waals surface area contributed by atoms with Gasteiger partial charge in [0.1, 0.15) is 5.76 Å². The lowest BCUT2D eigenvalue weighted by atomic mass is 10.1. The Labute approximate surface area is 165 Å². The molecule has 0 saturated heterocycles. The van der Waals surface area contributed by atoms with Crippen molar-refractivity contribution in [2.24, 2.45) is 0 Å². The van der Waals surface area contributed by atoms with Gasteiger partial charge in [0.2, 0.25) is 5.95 Å². The summed E-state index contributed by atoms with van der Waals surface area (Å²) in [6.07, 6.45) is 1.66. The highest BCUT2D eigenvalue weighted by atomic mass is 35.5. The molecule has 0 saturated carbocycles. The monoisotopic (exact) mass is 395 g/mol. The topological polar surface area (TPSA) is 96.7 Å². The van der Waals surface area contributed by atoms with Gasteiger partial charge in [-0.25, -0.2) is 9.97 Å². The molecule has 0 amide bonds. The standard InChI is InChI=1S/C20H18ClN5O2/c1-10(15-9-13-8-14(21)4-5-16(13)24-19(15)27)23-20-22-7-6-17(25-20)18-11(2)26-28-12(18)3/h4-10H,1-3H3,(H,24,27)(H,22,23,25). The van der Waals surface area contributed by atoms with Crippen molar-refractivity contribution in [3.63, 3.8) is 0 Å². The quantitative estimate of drug-likeness (QED) is 0.531. The van der Waals surface area contributed by atoms with Crippen molar-refractivity contribution in [3.05, 3.63) is 68.9 Å². The van der Waals surface area contributed by atoms with Gasteiger partial charge in [-0.1, -0.05) is 16.8 Å². The first-order valence-corrected chi connectivity index (χ1v) is 9.15. The fourth-order valence-electron chi connectivity index (χ4n) is 3.20. The third kappa shape index (κ3) is 3.36. The number of nitrogens with zero attached hydrogens (tertiary/aromatic N) is 3. The van der Waals surface area contributed by atoms with Crippen LogP contribution in [0.4, 0.5) is 5.95 Å². The van der Waals surface area contributed by atoms with Crippen molar-refractivity contribution in [2.75, 3.05) is 5.32 Å². The van der Waals surface area contributed by atoms with Gasteiger partial charge in [0.25, 0.3) is 5.56 Å². The highest BCUT2D eigenvalue weighted by Gasteiger charge is 2.16. The molecular formula is C20H18ClN5O2. The number of aromatic amines is 1. The van der Waals surface area contributed by atoms with E-state index in [0.717, 1.165) is 22.2 Å². The van der Waals surface area contributed by atoms with Gasteiger partial charge in [0.15, 0.2) is 0 Å². The van der Waals surface area contributed by atoms with E-state index in [-0.39, 0.29) is 11.6 Å². The molecule has 3 heterocycles. The average molecular weight is 396 g/mol. The van der Waals surface area contributed by atoms with Crippen LogP contribution < -0.4 is 10.9 Å². The number of halogens is 1. The van der Waals surface area contributed by atoms with Crippen LogP contribution in [0.15, 0.2) is 45.8 Å². The van der Waals surface area contributed by atoms with Crippen molar-refractivity contribution >= 4 is 28.5 Å². The number of anilines is 1. The molecule has 2 N–H and O–H groups in total. The predicted octanol–water partition coefficient (Wildman–Crippen LogP) is 4.42. The summed E-state index contributed by atoms with van der Waals surface area (Å²) in [6.45, 7) is 5.59. The van der Waals surface area contributed by atoms with Crippen LogP contribution >= 0.6 is 11.6 Å². The van der Waals surface area contributed by atoms with E-state index in [1.165, 1.54) is 0 Å². The zero-order valence-corrected chi connectivity index (χ0v) is 16.3. The summed E-state index contributed by atoms with van der Waals surface area (Å²) < 4.78 is 5.22. The minimum atomic E-state index is -0.313. The maximum atomic E-state index is 12.5. The summed E-state index contributed by atoms with van der Waals surface area (Å²) in [5.41, 5.74) is 3.45. The van der Waals surface area contributed by atoms with Gasteiger partial charge in [0.05, 0.1) is 23.0 Å². The van der Waals surface area contributed by atoms with E-state index in [9.17, 15) is 4.79 Å². The molecular weight excluding hydrogens is 378 g/mol. The molecule has 0 radical (unpaired) electrons. The number of fused-ring (bicyclic) bond motifs is 1. The van der Waals surface area contributed by atoms with Crippen LogP contribution in [0, 0.1) is 13.8 Å². The van der Waals surface area contributed by atoms with Crippen LogP contribution in [0.1, 0.15) is 30.0 Å². The van der Waals surface area contributed by atoms with Crippen molar-refractivity contribution in [3.8, 4) is 11.3 Å². The number of rotatable bonds is 4. The molecule has 7 nitrogen and oxygen atoms in total. The predicted molar refractivity (Wildman–Crippen MR) is 109 cm³/mol. The SMILES string of the molecule is Cc1noc(C)c1-c1ccnc(NC(C)c2cc3cc(Cl)ccc3[nH]c2=O)n1. The second-order valence-electron chi connectivity index (χ2n) is 6.62. The van der Waals surface area contributed by atoms with Crippen LogP contribution in [0.2, 0.25) is 5.02 Å². The summed E-state index contributed by atoms with van der Waals surface area (Å²) in [5, 5.41) is 8.63. The lowest BCUT2D eigenvalue weighted by Gasteiger charge is -2.14. The van der Waals surface area contributed by atoms with Gasteiger partial charge < -0.3 is 14.8 Å². The number of nitrogens with one attached hydrogen (secondary N) is 2. The van der Waals surface area contributed by atoms with Crippen molar-refractivity contribution in [1.29, 1.82) is 0 Å². The average Bonchev–Trinajstić information content (AvgIpc) is 3.00. The van der Waals surface area contributed by atoms with Crippen LogP contribution in [0.3, 0.4) is 0 Å². The number of aromatic nitrogens is 4. The summed E-state index contributed by atoms with van der Waals surface area (Å²) in [7, 11) is 0. The van der Waals surface area contributed by atoms with Crippen LogP contribution in [-0.2, 0) is 0 Å². The molecule has 4 rings (SSSR count). The lowest BCUT2D eigenvalue weighted by Crippen LogP contribution is -2.20. The molecule has 0 bridgehead atoms. The van der Waals surface area contributed by atoms with Gasteiger partial charge in [-0.3, -0.25) is 4.79 Å². The molecule has 0 spiro atoms. The zero-order chi connectivity index (χ0) is 19.8. The summed E-state index contributed by atoms with van der Waals surface area (Å²) in [4.78, 5) is 24.2. The first-order valence-electron chi connectivity index (χ1n) is 8.77. The smallest absolute Gasteiger partial charge is 0.253 e. The molecule has 3 aromatic heterocycles. The number of hydrogen-bond donors (Lipinski definition) is 2. The molecule has 0 aliphatic heterocycles. The molecule has 1 atom stereocenters. The van der Waals surface area contributed by atoms with E-state index in [1.54, 1.807) is 24.4 Å². The third-order valence-electron chi connectivity index (χ3n) is 4.59. The Bertz CT molecular complexity index is 1210. The van der Waals surface area contributed by atoms with Crippen molar-refractivity contribution < 1.29 is 4.52 Å². The van der Waals surface area contributed by atoms with Gasteiger partial charge in [-0.05, 0) is 51.1 Å². The normalized spacial score (nSPS) is 12.3. The van der Waals surface area contributed by atoms with E-state index in [1.807, 2.05) is 32.9 Å². The Hall–Kier alpha value is -3.19. The second-order valence-corrected chi connectivity index (χ2v) is 7.05. The highest BCUT2D eigenvalue weighted by molar-refractivity contribution is 6.31. The fourth-order valence-corrected chi connectivity index (χ4v) is 3.38. The van der Waals surface area contributed by atoms with Gasteiger partial charge >= 0.3 is 0 Å². The van der Waals surface area contributed by atoms with Crippen LogP contribution in [0.5, 0.6) is 0 Å². The zero-order valence-electron chi connectivity index (χ0n) is 15.6. The van der Waals surface area contributed by atoms with E-state index >= 15 is 0 Å². The first-order chi connectivity index (χ1) is 13.4. The number of H-pyrrole nitrogens is 1. The molecule has 0 aliphatic carbocycles. The number of pyridine rings is 1. The Morgan fingerprint density at radius 2 is 2.04 bits per heavy atom. The van der Waals surface area contributed by atoms with Crippen molar-refractivity contribution in [1.82, 2.24) is 20.1 Å². The molecule has 0 fully saturated rings. The highest BCUT2D eigenvalue weighted by Crippen LogP contribution is 2.26. The molecule has 0 aliphatic rings. The maximum absolute atomic E-state index is 12.5. The Kier molecular flexibility index (Phi) is 4.60.